The van der Waals surface area contributed by atoms with E-state index < -0.39 is 58.1 Å². The van der Waals surface area contributed by atoms with E-state index in [9.17, 15) is 45.5 Å². The molecule has 0 radical (unpaired) electrons. The fourth-order valence-electron chi connectivity index (χ4n) is 5.78. The van der Waals surface area contributed by atoms with Gasteiger partial charge in [-0.05, 0) is 85.3 Å². The van der Waals surface area contributed by atoms with E-state index in [1.807, 2.05) is 6.92 Å². The zero-order chi connectivity index (χ0) is 32.5. The molecule has 5 rings (SSSR count). The standard InChI is InChI=1S/C32H26F6N2O4/c1-5-6-7-20-16(2)12-19(31(33,34)35)15-25(20)40-28(43)22-11-9-18(14-24(22)29(40)44)30(3,32(36,37)38)17-8-10-21-23(13-17)27(42)39(4)26(21)41/h8-15H,5-7H2,1-4H3. The van der Waals surface area contributed by atoms with Crippen LogP contribution in [0.4, 0.5) is 32.0 Å². The van der Waals surface area contributed by atoms with Crippen LogP contribution >= 0.6 is 0 Å². The van der Waals surface area contributed by atoms with Crippen molar-refractivity contribution in [1.82, 2.24) is 4.90 Å². The number of aryl methyl sites for hydroxylation is 1. The summed E-state index contributed by atoms with van der Waals surface area (Å²) in [6, 6.07) is 7.86. The number of halogens is 6. The molecule has 3 aromatic carbocycles. The molecule has 1 atom stereocenters. The first-order chi connectivity index (χ1) is 20.4. The number of unbranched alkanes of at least 4 members (excludes halogenated alkanes) is 1. The summed E-state index contributed by atoms with van der Waals surface area (Å²) in [5, 5.41) is 0. The van der Waals surface area contributed by atoms with Gasteiger partial charge in [-0.25, -0.2) is 4.90 Å². The van der Waals surface area contributed by atoms with E-state index in [-0.39, 0.29) is 39.9 Å². The third kappa shape index (κ3) is 4.58. The normalized spacial score (nSPS) is 16.5. The number of hydrogen-bond donors (Lipinski definition) is 0. The summed E-state index contributed by atoms with van der Waals surface area (Å²) in [4.78, 5) is 53.4. The van der Waals surface area contributed by atoms with Gasteiger partial charge in [-0.1, -0.05) is 25.5 Å². The summed E-state index contributed by atoms with van der Waals surface area (Å²) in [6.45, 7) is 4.16. The summed E-state index contributed by atoms with van der Waals surface area (Å²) in [7, 11) is 1.21. The summed E-state index contributed by atoms with van der Waals surface area (Å²) in [5.41, 5.74) is -5.29. The maximum absolute atomic E-state index is 14.9. The quantitative estimate of drug-likeness (QED) is 0.216. The van der Waals surface area contributed by atoms with Crippen LogP contribution in [0.25, 0.3) is 0 Å². The van der Waals surface area contributed by atoms with E-state index in [2.05, 4.69) is 0 Å². The van der Waals surface area contributed by atoms with Crippen LogP contribution in [0.1, 0.15) is 95.9 Å². The van der Waals surface area contributed by atoms with Crippen LogP contribution in [-0.2, 0) is 18.0 Å². The van der Waals surface area contributed by atoms with Gasteiger partial charge < -0.3 is 0 Å². The molecule has 44 heavy (non-hydrogen) atoms. The van der Waals surface area contributed by atoms with Crippen molar-refractivity contribution in [2.75, 3.05) is 11.9 Å². The number of carbonyl (C=O) groups is 4. The van der Waals surface area contributed by atoms with Crippen molar-refractivity contribution in [2.24, 2.45) is 0 Å². The Bertz CT molecular complexity index is 1760. The number of alkyl halides is 6. The topological polar surface area (TPSA) is 74.8 Å². The lowest BCUT2D eigenvalue weighted by Crippen LogP contribution is -2.41. The molecule has 230 valence electrons. The molecule has 12 heteroatoms. The fraction of sp³-hybridized carbons (Fsp3) is 0.312. The number of anilines is 1. The van der Waals surface area contributed by atoms with Gasteiger partial charge in [0.05, 0.1) is 33.5 Å². The molecule has 0 saturated heterocycles. The highest BCUT2D eigenvalue weighted by Crippen LogP contribution is 2.48. The minimum Gasteiger partial charge on any atom is -0.277 e. The van der Waals surface area contributed by atoms with Crippen molar-refractivity contribution >= 4 is 29.3 Å². The molecule has 0 aliphatic carbocycles. The monoisotopic (exact) mass is 616 g/mol. The van der Waals surface area contributed by atoms with Crippen molar-refractivity contribution in [2.45, 2.75) is 57.8 Å². The number of benzene rings is 3. The van der Waals surface area contributed by atoms with Gasteiger partial charge in [0.15, 0.2) is 0 Å². The molecule has 0 N–H and O–H groups in total. The Morgan fingerprint density at radius 2 is 1.18 bits per heavy atom. The second-order valence-corrected chi connectivity index (χ2v) is 11.2. The minimum atomic E-state index is -4.98. The second-order valence-electron chi connectivity index (χ2n) is 11.2. The Balaban J connectivity index is 1.64. The number of fused-ring (bicyclic) bond motifs is 2. The summed E-state index contributed by atoms with van der Waals surface area (Å²) < 4.78 is 85.9. The van der Waals surface area contributed by atoms with E-state index >= 15 is 0 Å². The molecule has 6 nitrogen and oxygen atoms in total. The Labute approximate surface area is 248 Å². The van der Waals surface area contributed by atoms with Crippen LogP contribution in [0.3, 0.4) is 0 Å². The van der Waals surface area contributed by atoms with E-state index in [0.717, 1.165) is 60.4 Å². The van der Waals surface area contributed by atoms with Crippen molar-refractivity contribution in [3.63, 3.8) is 0 Å². The largest absolute Gasteiger partial charge is 0.416 e. The Hall–Kier alpha value is -4.48. The molecule has 3 aromatic rings. The van der Waals surface area contributed by atoms with Gasteiger partial charge in [0.1, 0.15) is 5.41 Å². The first-order valence-corrected chi connectivity index (χ1v) is 13.7. The van der Waals surface area contributed by atoms with E-state index in [4.69, 9.17) is 0 Å². The molecule has 2 aliphatic heterocycles. The van der Waals surface area contributed by atoms with Gasteiger partial charge in [-0.3, -0.25) is 24.1 Å². The van der Waals surface area contributed by atoms with Gasteiger partial charge in [-0.2, -0.15) is 26.3 Å². The summed E-state index contributed by atoms with van der Waals surface area (Å²) >= 11 is 0. The number of nitrogens with zero attached hydrogens (tertiary/aromatic N) is 2. The van der Waals surface area contributed by atoms with Gasteiger partial charge >= 0.3 is 12.4 Å². The van der Waals surface area contributed by atoms with Crippen molar-refractivity contribution in [1.29, 1.82) is 0 Å². The van der Waals surface area contributed by atoms with Gasteiger partial charge in [-0.15, -0.1) is 0 Å². The van der Waals surface area contributed by atoms with Crippen LogP contribution in [-0.4, -0.2) is 41.8 Å². The van der Waals surface area contributed by atoms with Gasteiger partial charge in [0, 0.05) is 7.05 Å². The molecular weight excluding hydrogens is 590 g/mol. The SMILES string of the molecule is CCCCc1c(C)cc(C(F)(F)F)cc1N1C(=O)c2ccc(C(C)(c3ccc4c(c3)C(=O)N(C)C4=O)C(F)(F)F)cc2C1=O. The number of hydrogen-bond acceptors (Lipinski definition) is 4. The lowest BCUT2D eigenvalue weighted by Gasteiger charge is -2.33. The number of imide groups is 2. The maximum Gasteiger partial charge on any atom is 0.416 e. The van der Waals surface area contributed by atoms with Crippen molar-refractivity contribution in [3.05, 3.63) is 98.6 Å². The zero-order valence-electron chi connectivity index (χ0n) is 24.0. The average Bonchev–Trinajstić information content (AvgIpc) is 3.33. The first-order valence-electron chi connectivity index (χ1n) is 13.7. The van der Waals surface area contributed by atoms with Gasteiger partial charge in [0.25, 0.3) is 23.6 Å². The Kier molecular flexibility index (Phi) is 7.26. The second kappa shape index (κ2) is 10.3. The first kappa shape index (κ1) is 31.0. The Morgan fingerprint density at radius 3 is 1.70 bits per heavy atom. The van der Waals surface area contributed by atoms with Crippen LogP contribution in [0.15, 0.2) is 48.5 Å². The van der Waals surface area contributed by atoms with E-state index in [1.165, 1.54) is 14.0 Å². The lowest BCUT2D eigenvalue weighted by atomic mass is 9.74. The lowest BCUT2D eigenvalue weighted by molar-refractivity contribution is -0.173. The molecule has 0 fully saturated rings. The molecule has 4 amide bonds. The summed E-state index contributed by atoms with van der Waals surface area (Å²) in [5.74, 6) is -3.43. The predicted octanol–water partition coefficient (Wildman–Crippen LogP) is 7.25. The van der Waals surface area contributed by atoms with E-state index in [0.29, 0.717) is 23.3 Å². The Morgan fingerprint density at radius 1 is 0.682 bits per heavy atom. The predicted molar refractivity (Wildman–Crippen MR) is 148 cm³/mol. The molecule has 0 aromatic heterocycles. The molecule has 1 unspecified atom stereocenters. The van der Waals surface area contributed by atoms with Crippen LogP contribution in [0.2, 0.25) is 0 Å². The highest BCUT2D eigenvalue weighted by Gasteiger charge is 2.55. The number of amides is 4. The van der Waals surface area contributed by atoms with Crippen molar-refractivity contribution < 1.29 is 45.5 Å². The zero-order valence-corrected chi connectivity index (χ0v) is 24.0. The maximum atomic E-state index is 14.9. The molecular formula is C32H26F6N2O4. The fourth-order valence-corrected chi connectivity index (χ4v) is 5.78. The highest BCUT2D eigenvalue weighted by molar-refractivity contribution is 6.34. The highest BCUT2D eigenvalue weighted by atomic mass is 19.4. The third-order valence-electron chi connectivity index (χ3n) is 8.50. The number of rotatable bonds is 6. The average molecular weight is 617 g/mol. The van der Waals surface area contributed by atoms with Gasteiger partial charge in [0.2, 0.25) is 0 Å². The smallest absolute Gasteiger partial charge is 0.277 e. The summed E-state index contributed by atoms with van der Waals surface area (Å²) in [6.07, 6.45) is -8.25. The van der Waals surface area contributed by atoms with E-state index in [1.54, 1.807) is 0 Å². The third-order valence-corrected chi connectivity index (χ3v) is 8.50. The molecule has 0 spiro atoms. The molecule has 2 aliphatic rings. The molecule has 2 heterocycles. The molecule has 0 bridgehead atoms. The molecule has 0 saturated carbocycles. The van der Waals surface area contributed by atoms with Crippen molar-refractivity contribution in [3.8, 4) is 0 Å². The van der Waals surface area contributed by atoms with Crippen LogP contribution in [0.5, 0.6) is 0 Å². The van der Waals surface area contributed by atoms with Crippen LogP contribution in [0, 0.1) is 6.92 Å². The minimum absolute atomic E-state index is 0.0496. The van der Waals surface area contributed by atoms with Crippen LogP contribution < -0.4 is 4.90 Å². The number of carbonyl (C=O) groups excluding carboxylic acids is 4.